The molecule has 5 heteroatoms. The lowest BCUT2D eigenvalue weighted by Crippen LogP contribution is -2.26. The smallest absolute Gasteiger partial charge is 0.263 e. The van der Waals surface area contributed by atoms with Gasteiger partial charge in [0.25, 0.3) is 5.91 Å². The van der Waals surface area contributed by atoms with Gasteiger partial charge in [-0.25, -0.2) is 0 Å². The first-order valence-corrected chi connectivity index (χ1v) is 6.83. The molecule has 0 saturated carbocycles. The van der Waals surface area contributed by atoms with Gasteiger partial charge in [-0.2, -0.15) is 5.26 Å². The molecule has 0 radical (unpaired) electrons. The van der Waals surface area contributed by atoms with E-state index in [9.17, 15) is 4.79 Å². The van der Waals surface area contributed by atoms with Gasteiger partial charge in [-0.05, 0) is 18.1 Å². The number of carbonyl (C=O) groups excluding carboxylic acids is 1. The van der Waals surface area contributed by atoms with Crippen molar-refractivity contribution in [1.29, 1.82) is 5.26 Å². The van der Waals surface area contributed by atoms with Crippen molar-refractivity contribution >= 4 is 21.8 Å². The number of hydrogen-bond acceptors (Lipinski definition) is 3. The van der Waals surface area contributed by atoms with Gasteiger partial charge in [0.1, 0.15) is 11.6 Å². The van der Waals surface area contributed by atoms with E-state index < -0.39 is 0 Å². The third-order valence-corrected chi connectivity index (χ3v) is 3.17. The third-order valence-electron chi connectivity index (χ3n) is 2.40. The fourth-order valence-corrected chi connectivity index (χ4v) is 1.81. The Morgan fingerprint density at radius 1 is 1.47 bits per heavy atom. The van der Waals surface area contributed by atoms with E-state index in [1.165, 1.54) is 6.20 Å². The monoisotopic (exact) mass is 321 g/mol. The van der Waals surface area contributed by atoms with Gasteiger partial charge >= 0.3 is 0 Å². The summed E-state index contributed by atoms with van der Waals surface area (Å²) in [4.78, 5) is 11.6. The number of amides is 1. The molecule has 0 fully saturated rings. The van der Waals surface area contributed by atoms with Crippen molar-refractivity contribution in [2.24, 2.45) is 0 Å². The second-order valence-electron chi connectivity index (χ2n) is 3.90. The highest BCUT2D eigenvalue weighted by atomic mass is 79.9. The summed E-state index contributed by atoms with van der Waals surface area (Å²) < 4.78 is 0.991. The Bertz CT molecular complexity index is 506. The fourth-order valence-electron chi connectivity index (χ4n) is 1.39. The molecule has 19 heavy (non-hydrogen) atoms. The maximum atomic E-state index is 11.6. The second-order valence-corrected chi connectivity index (χ2v) is 4.75. The second kappa shape index (κ2) is 8.33. The number of nitrogens with one attached hydrogen (secondary N) is 2. The van der Waals surface area contributed by atoms with E-state index in [-0.39, 0.29) is 11.5 Å². The zero-order chi connectivity index (χ0) is 14.1. The molecule has 0 atom stereocenters. The van der Waals surface area contributed by atoms with Crippen LogP contribution in [0.1, 0.15) is 18.9 Å². The summed E-state index contributed by atoms with van der Waals surface area (Å²) in [6, 6.07) is 9.67. The highest BCUT2D eigenvalue weighted by molar-refractivity contribution is 9.10. The molecule has 2 N–H and O–H groups in total. The van der Waals surface area contributed by atoms with Crippen LogP contribution in [0.25, 0.3) is 0 Å². The van der Waals surface area contributed by atoms with Crippen molar-refractivity contribution in [2.45, 2.75) is 19.9 Å². The number of halogens is 1. The lowest BCUT2D eigenvalue weighted by molar-refractivity contribution is -0.117. The number of hydrogen-bond donors (Lipinski definition) is 2. The molecule has 0 spiro atoms. The van der Waals surface area contributed by atoms with Crippen LogP contribution in [0.3, 0.4) is 0 Å². The quantitative estimate of drug-likeness (QED) is 0.625. The summed E-state index contributed by atoms with van der Waals surface area (Å²) >= 11 is 3.44. The molecule has 1 aromatic rings. The van der Waals surface area contributed by atoms with Gasteiger partial charge in [-0.15, -0.1) is 0 Å². The molecule has 0 heterocycles. The molecule has 0 aliphatic heterocycles. The van der Waals surface area contributed by atoms with Crippen LogP contribution in [-0.2, 0) is 11.3 Å². The van der Waals surface area contributed by atoms with E-state index in [4.69, 9.17) is 5.26 Å². The number of nitrogens with zero attached hydrogens (tertiary/aromatic N) is 1. The van der Waals surface area contributed by atoms with Crippen molar-refractivity contribution < 1.29 is 4.79 Å². The van der Waals surface area contributed by atoms with Gasteiger partial charge in [0.2, 0.25) is 0 Å². The lowest BCUT2D eigenvalue weighted by atomic mass is 10.2. The summed E-state index contributed by atoms with van der Waals surface area (Å²) in [5.74, 6) is -0.344. The summed E-state index contributed by atoms with van der Waals surface area (Å²) in [6.45, 7) is 3.08. The maximum Gasteiger partial charge on any atom is 0.263 e. The third kappa shape index (κ3) is 5.14. The summed E-state index contributed by atoms with van der Waals surface area (Å²) in [7, 11) is 0. The Morgan fingerprint density at radius 3 is 2.84 bits per heavy atom. The SMILES string of the molecule is CCCNC(=O)/C(C#N)=C\NCc1ccccc1Br. The molecular formula is C14H16BrN3O. The average Bonchev–Trinajstić information content (AvgIpc) is 2.43. The van der Waals surface area contributed by atoms with Crippen LogP contribution < -0.4 is 10.6 Å². The van der Waals surface area contributed by atoms with Crippen LogP contribution >= 0.6 is 15.9 Å². The van der Waals surface area contributed by atoms with E-state index in [2.05, 4.69) is 26.6 Å². The number of rotatable bonds is 6. The summed E-state index contributed by atoms with van der Waals surface area (Å²) in [5.41, 5.74) is 1.14. The first kappa shape index (κ1) is 15.3. The van der Waals surface area contributed by atoms with E-state index >= 15 is 0 Å². The molecule has 4 nitrogen and oxygen atoms in total. The van der Waals surface area contributed by atoms with Crippen molar-refractivity contribution in [3.8, 4) is 6.07 Å². The molecule has 0 saturated heterocycles. The van der Waals surface area contributed by atoms with Gasteiger partial charge in [0, 0.05) is 23.8 Å². The minimum Gasteiger partial charge on any atom is -0.386 e. The van der Waals surface area contributed by atoms with Gasteiger partial charge in [0.05, 0.1) is 0 Å². The number of carbonyl (C=O) groups is 1. The highest BCUT2D eigenvalue weighted by Crippen LogP contribution is 2.15. The summed E-state index contributed by atoms with van der Waals surface area (Å²) in [5, 5.41) is 14.6. The standard InChI is InChI=1S/C14H16BrN3O/c1-2-7-18-14(19)12(8-16)10-17-9-11-5-3-4-6-13(11)15/h3-6,10,17H,2,7,9H2,1H3,(H,18,19)/b12-10-. The summed E-state index contributed by atoms with van der Waals surface area (Å²) in [6.07, 6.45) is 2.29. The van der Waals surface area contributed by atoms with E-state index in [1.54, 1.807) is 0 Å². The van der Waals surface area contributed by atoms with Crippen molar-refractivity contribution in [3.05, 3.63) is 46.1 Å². The Kier molecular flexibility index (Phi) is 6.69. The average molecular weight is 322 g/mol. The molecule has 0 aromatic heterocycles. The van der Waals surface area contributed by atoms with Gasteiger partial charge in [0.15, 0.2) is 0 Å². The molecule has 0 aliphatic rings. The van der Waals surface area contributed by atoms with Gasteiger partial charge in [-0.1, -0.05) is 41.1 Å². The number of nitriles is 1. The molecular weight excluding hydrogens is 306 g/mol. The van der Waals surface area contributed by atoms with E-state index in [1.807, 2.05) is 37.3 Å². The zero-order valence-electron chi connectivity index (χ0n) is 10.7. The van der Waals surface area contributed by atoms with Crippen LogP contribution in [0.4, 0.5) is 0 Å². The first-order valence-electron chi connectivity index (χ1n) is 6.04. The van der Waals surface area contributed by atoms with Crippen molar-refractivity contribution in [3.63, 3.8) is 0 Å². The molecule has 100 valence electrons. The molecule has 0 unspecified atom stereocenters. The minimum atomic E-state index is -0.344. The van der Waals surface area contributed by atoms with Crippen molar-refractivity contribution in [1.82, 2.24) is 10.6 Å². The molecule has 1 amide bonds. The van der Waals surface area contributed by atoms with Crippen LogP contribution in [0.2, 0.25) is 0 Å². The molecule has 1 rings (SSSR count). The fraction of sp³-hybridized carbons (Fsp3) is 0.286. The Morgan fingerprint density at radius 2 is 2.21 bits per heavy atom. The van der Waals surface area contributed by atoms with Gasteiger partial charge in [-0.3, -0.25) is 4.79 Å². The normalized spacial score (nSPS) is 10.7. The highest BCUT2D eigenvalue weighted by Gasteiger charge is 2.07. The van der Waals surface area contributed by atoms with E-state index in [0.29, 0.717) is 13.1 Å². The lowest BCUT2D eigenvalue weighted by Gasteiger charge is -2.05. The Balaban J connectivity index is 2.57. The van der Waals surface area contributed by atoms with Gasteiger partial charge < -0.3 is 10.6 Å². The van der Waals surface area contributed by atoms with E-state index in [0.717, 1.165) is 16.5 Å². The first-order chi connectivity index (χ1) is 9.19. The van der Waals surface area contributed by atoms with Crippen LogP contribution in [0, 0.1) is 11.3 Å². The predicted molar refractivity (Wildman–Crippen MR) is 78.0 cm³/mol. The molecule has 1 aromatic carbocycles. The minimum absolute atomic E-state index is 0.0838. The maximum absolute atomic E-state index is 11.6. The largest absolute Gasteiger partial charge is 0.386 e. The Hall–Kier alpha value is -1.80. The van der Waals surface area contributed by atoms with Crippen LogP contribution in [0.15, 0.2) is 40.5 Å². The van der Waals surface area contributed by atoms with Crippen molar-refractivity contribution in [2.75, 3.05) is 6.54 Å². The number of benzene rings is 1. The van der Waals surface area contributed by atoms with Crippen LogP contribution in [-0.4, -0.2) is 12.5 Å². The molecule has 0 aliphatic carbocycles. The van der Waals surface area contributed by atoms with Crippen LogP contribution in [0.5, 0.6) is 0 Å². The topological polar surface area (TPSA) is 64.9 Å². The zero-order valence-corrected chi connectivity index (χ0v) is 12.3. The molecule has 0 bridgehead atoms. The predicted octanol–water partition coefficient (Wildman–Crippen LogP) is 2.47. The Labute approximate surface area is 121 Å².